The summed E-state index contributed by atoms with van der Waals surface area (Å²) in [6, 6.07) is 7.92. The van der Waals surface area contributed by atoms with Crippen molar-refractivity contribution in [1.29, 1.82) is 0 Å². The van der Waals surface area contributed by atoms with Crippen LogP contribution in [-0.4, -0.2) is 29.5 Å². The molecule has 0 N–H and O–H groups in total. The topological polar surface area (TPSA) is 29.5 Å². The van der Waals surface area contributed by atoms with E-state index in [1.54, 1.807) is 0 Å². The van der Waals surface area contributed by atoms with Gasteiger partial charge in [0.1, 0.15) is 5.75 Å². The Balaban J connectivity index is 1.99. The van der Waals surface area contributed by atoms with Crippen LogP contribution in [0, 0.1) is 0 Å². The zero-order valence-electron chi connectivity index (χ0n) is 11.4. The number of rotatable bonds is 3. The van der Waals surface area contributed by atoms with Gasteiger partial charge in [-0.05, 0) is 51.3 Å². The monoisotopic (exact) mass is 325 g/mol. The molecule has 1 aliphatic heterocycles. The van der Waals surface area contributed by atoms with Crippen molar-refractivity contribution in [3.05, 3.63) is 28.7 Å². The van der Waals surface area contributed by atoms with Crippen molar-refractivity contribution in [2.75, 3.05) is 6.54 Å². The molecule has 1 aromatic rings. The standard InChI is InChI=1S/C15H20BrNO2/c1-11-6-3-4-9-17(11)15(18)12(2)19-14-8-5-7-13(16)10-14/h5,7-8,10-12H,3-4,6,9H2,1-2H3. The molecule has 1 amide bonds. The van der Waals surface area contributed by atoms with Crippen LogP contribution in [0.4, 0.5) is 0 Å². The summed E-state index contributed by atoms with van der Waals surface area (Å²) in [6.45, 7) is 4.79. The minimum Gasteiger partial charge on any atom is -0.481 e. The van der Waals surface area contributed by atoms with E-state index in [0.29, 0.717) is 6.04 Å². The molecule has 1 fully saturated rings. The Labute approximate surface area is 123 Å². The van der Waals surface area contributed by atoms with Gasteiger partial charge in [0.15, 0.2) is 6.10 Å². The summed E-state index contributed by atoms with van der Waals surface area (Å²) in [4.78, 5) is 14.3. The highest BCUT2D eigenvalue weighted by molar-refractivity contribution is 9.10. The second kappa shape index (κ2) is 6.42. The van der Waals surface area contributed by atoms with Crippen LogP contribution in [-0.2, 0) is 4.79 Å². The molecule has 104 valence electrons. The number of ether oxygens (including phenoxy) is 1. The zero-order valence-corrected chi connectivity index (χ0v) is 13.0. The van der Waals surface area contributed by atoms with E-state index in [0.717, 1.165) is 29.6 Å². The molecule has 2 rings (SSSR count). The molecule has 0 spiro atoms. The van der Waals surface area contributed by atoms with Crippen molar-refractivity contribution in [1.82, 2.24) is 4.90 Å². The summed E-state index contributed by atoms with van der Waals surface area (Å²) in [5.41, 5.74) is 0. The van der Waals surface area contributed by atoms with E-state index in [9.17, 15) is 4.79 Å². The van der Waals surface area contributed by atoms with Gasteiger partial charge < -0.3 is 9.64 Å². The average molecular weight is 326 g/mol. The zero-order chi connectivity index (χ0) is 13.8. The minimum absolute atomic E-state index is 0.0900. The molecule has 1 heterocycles. The Morgan fingerprint density at radius 1 is 1.47 bits per heavy atom. The van der Waals surface area contributed by atoms with Crippen LogP contribution in [0.15, 0.2) is 28.7 Å². The number of hydrogen-bond acceptors (Lipinski definition) is 2. The average Bonchev–Trinajstić information content (AvgIpc) is 2.38. The SMILES string of the molecule is CC(Oc1cccc(Br)c1)C(=O)N1CCCCC1C. The van der Waals surface area contributed by atoms with Crippen LogP contribution in [0.2, 0.25) is 0 Å². The fraction of sp³-hybridized carbons (Fsp3) is 0.533. The summed E-state index contributed by atoms with van der Waals surface area (Å²) in [6.07, 6.45) is 2.97. The normalized spacial score (nSPS) is 21.0. The quantitative estimate of drug-likeness (QED) is 0.849. The molecule has 0 aliphatic carbocycles. The van der Waals surface area contributed by atoms with Crippen LogP contribution in [0.1, 0.15) is 33.1 Å². The van der Waals surface area contributed by atoms with Crippen molar-refractivity contribution in [3.63, 3.8) is 0 Å². The van der Waals surface area contributed by atoms with Crippen LogP contribution >= 0.6 is 15.9 Å². The van der Waals surface area contributed by atoms with Crippen molar-refractivity contribution < 1.29 is 9.53 Å². The lowest BCUT2D eigenvalue weighted by Crippen LogP contribution is -2.47. The molecular formula is C15H20BrNO2. The summed E-state index contributed by atoms with van der Waals surface area (Å²) in [7, 11) is 0. The molecule has 4 heteroatoms. The first kappa shape index (κ1) is 14.4. The largest absolute Gasteiger partial charge is 0.481 e. The molecule has 2 atom stereocenters. The van der Waals surface area contributed by atoms with Gasteiger partial charge in [-0.15, -0.1) is 0 Å². The summed E-state index contributed by atoms with van der Waals surface area (Å²) >= 11 is 3.40. The maximum Gasteiger partial charge on any atom is 0.263 e. The highest BCUT2D eigenvalue weighted by atomic mass is 79.9. The number of nitrogens with zero attached hydrogens (tertiary/aromatic N) is 1. The molecule has 0 saturated carbocycles. The third kappa shape index (κ3) is 3.72. The number of likely N-dealkylation sites (tertiary alicyclic amines) is 1. The number of benzene rings is 1. The van der Waals surface area contributed by atoms with Crippen LogP contribution in [0.3, 0.4) is 0 Å². The first-order valence-corrected chi connectivity index (χ1v) is 7.60. The molecule has 2 unspecified atom stereocenters. The van der Waals surface area contributed by atoms with E-state index < -0.39 is 6.10 Å². The number of piperidine rings is 1. The number of carbonyl (C=O) groups is 1. The third-order valence-corrected chi connectivity index (χ3v) is 4.04. The van der Waals surface area contributed by atoms with Crippen LogP contribution in [0.25, 0.3) is 0 Å². The first-order valence-electron chi connectivity index (χ1n) is 6.80. The minimum atomic E-state index is -0.435. The molecule has 0 bridgehead atoms. The lowest BCUT2D eigenvalue weighted by atomic mass is 10.0. The third-order valence-electron chi connectivity index (χ3n) is 3.54. The highest BCUT2D eigenvalue weighted by Gasteiger charge is 2.27. The Bertz CT molecular complexity index is 450. The van der Waals surface area contributed by atoms with Gasteiger partial charge in [0.2, 0.25) is 0 Å². The Morgan fingerprint density at radius 2 is 2.26 bits per heavy atom. The van der Waals surface area contributed by atoms with Crippen molar-refractivity contribution in [2.45, 2.75) is 45.3 Å². The second-order valence-electron chi connectivity index (χ2n) is 5.09. The second-order valence-corrected chi connectivity index (χ2v) is 6.01. The van der Waals surface area contributed by atoms with E-state index in [1.807, 2.05) is 36.1 Å². The van der Waals surface area contributed by atoms with Crippen molar-refractivity contribution in [2.24, 2.45) is 0 Å². The number of halogens is 1. The van der Waals surface area contributed by atoms with Gasteiger partial charge in [-0.3, -0.25) is 4.79 Å². The lowest BCUT2D eigenvalue weighted by molar-refractivity contribution is -0.141. The van der Waals surface area contributed by atoms with Gasteiger partial charge in [-0.2, -0.15) is 0 Å². The fourth-order valence-corrected chi connectivity index (χ4v) is 2.83. The molecule has 1 aromatic carbocycles. The Morgan fingerprint density at radius 3 is 2.95 bits per heavy atom. The molecule has 0 radical (unpaired) electrons. The van der Waals surface area contributed by atoms with Gasteiger partial charge in [0.05, 0.1) is 0 Å². The predicted molar refractivity (Wildman–Crippen MR) is 79.3 cm³/mol. The maximum atomic E-state index is 12.4. The van der Waals surface area contributed by atoms with E-state index in [-0.39, 0.29) is 5.91 Å². The van der Waals surface area contributed by atoms with Gasteiger partial charge in [0.25, 0.3) is 5.91 Å². The summed E-state index contributed by atoms with van der Waals surface area (Å²) < 4.78 is 6.69. The molecule has 19 heavy (non-hydrogen) atoms. The Kier molecular flexibility index (Phi) is 4.86. The fourth-order valence-electron chi connectivity index (χ4n) is 2.45. The van der Waals surface area contributed by atoms with Gasteiger partial charge in [0, 0.05) is 17.1 Å². The molecule has 1 saturated heterocycles. The highest BCUT2D eigenvalue weighted by Crippen LogP contribution is 2.21. The maximum absolute atomic E-state index is 12.4. The van der Waals surface area contributed by atoms with Gasteiger partial charge >= 0.3 is 0 Å². The van der Waals surface area contributed by atoms with Crippen LogP contribution in [0.5, 0.6) is 5.75 Å². The molecular weight excluding hydrogens is 306 g/mol. The number of amides is 1. The summed E-state index contributed by atoms with van der Waals surface area (Å²) in [5, 5.41) is 0. The van der Waals surface area contributed by atoms with E-state index in [1.165, 1.54) is 6.42 Å². The number of hydrogen-bond donors (Lipinski definition) is 0. The van der Waals surface area contributed by atoms with Gasteiger partial charge in [-0.1, -0.05) is 22.0 Å². The lowest BCUT2D eigenvalue weighted by Gasteiger charge is -2.35. The first-order chi connectivity index (χ1) is 9.08. The van der Waals surface area contributed by atoms with E-state index in [2.05, 4.69) is 22.9 Å². The van der Waals surface area contributed by atoms with Crippen LogP contribution < -0.4 is 4.74 Å². The smallest absolute Gasteiger partial charge is 0.263 e. The van der Waals surface area contributed by atoms with Crippen molar-refractivity contribution in [3.8, 4) is 5.75 Å². The molecule has 1 aliphatic rings. The Hall–Kier alpha value is -1.03. The predicted octanol–water partition coefficient (Wildman–Crippen LogP) is 3.62. The molecule has 0 aromatic heterocycles. The van der Waals surface area contributed by atoms with E-state index in [4.69, 9.17) is 4.74 Å². The number of carbonyl (C=O) groups excluding carboxylic acids is 1. The van der Waals surface area contributed by atoms with Crippen molar-refractivity contribution >= 4 is 21.8 Å². The van der Waals surface area contributed by atoms with Gasteiger partial charge in [-0.25, -0.2) is 0 Å². The summed E-state index contributed by atoms with van der Waals surface area (Å²) in [5.74, 6) is 0.812. The van der Waals surface area contributed by atoms with E-state index >= 15 is 0 Å². The molecule has 3 nitrogen and oxygen atoms in total.